The van der Waals surface area contributed by atoms with Crippen LogP contribution in [0.2, 0.25) is 0 Å². The zero-order valence-corrected chi connectivity index (χ0v) is 20.7. The Labute approximate surface area is 202 Å². The molecule has 0 spiro atoms. The molecule has 10 heteroatoms. The molecule has 3 aromatic rings. The second kappa shape index (κ2) is 9.55. The number of thiazole rings is 1. The van der Waals surface area contributed by atoms with Gasteiger partial charge >= 0.3 is 0 Å². The monoisotopic (exact) mass is 499 g/mol. The Morgan fingerprint density at radius 3 is 2.65 bits per heavy atom. The van der Waals surface area contributed by atoms with Crippen molar-refractivity contribution < 1.29 is 22.7 Å². The molecular weight excluding hydrogens is 474 g/mol. The first-order chi connectivity index (χ1) is 16.2. The van der Waals surface area contributed by atoms with Gasteiger partial charge in [-0.1, -0.05) is 24.6 Å². The molecule has 0 bridgehead atoms. The Balaban J connectivity index is 1.59. The molecule has 0 aliphatic carbocycles. The van der Waals surface area contributed by atoms with E-state index in [1.165, 1.54) is 17.0 Å². The zero-order valence-electron chi connectivity index (χ0n) is 19.1. The highest BCUT2D eigenvalue weighted by molar-refractivity contribution is 7.90. The fourth-order valence-corrected chi connectivity index (χ4v) is 5.49. The van der Waals surface area contributed by atoms with Crippen molar-refractivity contribution in [2.24, 2.45) is 0 Å². The summed E-state index contributed by atoms with van der Waals surface area (Å²) in [6, 6.07) is 11.5. The molecule has 2 amide bonds. The summed E-state index contributed by atoms with van der Waals surface area (Å²) >= 11 is 1.57. The van der Waals surface area contributed by atoms with E-state index in [0.717, 1.165) is 34.7 Å². The van der Waals surface area contributed by atoms with Crippen LogP contribution in [0.3, 0.4) is 0 Å². The molecule has 34 heavy (non-hydrogen) atoms. The number of benzene rings is 2. The van der Waals surface area contributed by atoms with E-state index >= 15 is 0 Å². The lowest BCUT2D eigenvalue weighted by molar-refractivity contribution is -0.127. The van der Waals surface area contributed by atoms with Gasteiger partial charge in [0, 0.05) is 10.9 Å². The predicted octanol–water partition coefficient (Wildman–Crippen LogP) is 3.69. The van der Waals surface area contributed by atoms with Gasteiger partial charge in [-0.05, 0) is 57.0 Å². The SMILES string of the molecule is CCCc1nc(-c2ccc3c(c2)N(CC(=O)NS(=O)(=O)c2ccc(C)cc2)C(=O)C(C)O3)cs1. The highest BCUT2D eigenvalue weighted by Gasteiger charge is 2.34. The van der Waals surface area contributed by atoms with Crippen molar-refractivity contribution in [2.45, 2.75) is 44.6 Å². The van der Waals surface area contributed by atoms with Crippen molar-refractivity contribution >= 4 is 38.9 Å². The van der Waals surface area contributed by atoms with Gasteiger partial charge in [-0.15, -0.1) is 11.3 Å². The van der Waals surface area contributed by atoms with Crippen LogP contribution in [0.1, 0.15) is 30.8 Å². The smallest absolute Gasteiger partial charge is 0.268 e. The maximum Gasteiger partial charge on any atom is 0.268 e. The highest BCUT2D eigenvalue weighted by Crippen LogP contribution is 2.37. The molecule has 2 aromatic carbocycles. The third-order valence-corrected chi connectivity index (χ3v) is 7.66. The summed E-state index contributed by atoms with van der Waals surface area (Å²) in [5.74, 6) is -0.815. The number of amides is 2. The number of carbonyl (C=O) groups is 2. The lowest BCUT2D eigenvalue weighted by atomic mass is 10.1. The molecule has 1 unspecified atom stereocenters. The van der Waals surface area contributed by atoms with Gasteiger partial charge in [0.1, 0.15) is 12.3 Å². The maximum absolute atomic E-state index is 12.9. The molecule has 1 aliphatic heterocycles. The fraction of sp³-hybridized carbons (Fsp3) is 0.292. The van der Waals surface area contributed by atoms with E-state index in [1.54, 1.807) is 42.5 Å². The normalized spacial score (nSPS) is 15.6. The van der Waals surface area contributed by atoms with Gasteiger partial charge in [-0.3, -0.25) is 14.5 Å². The van der Waals surface area contributed by atoms with Crippen LogP contribution in [0, 0.1) is 6.92 Å². The Morgan fingerprint density at radius 1 is 1.21 bits per heavy atom. The van der Waals surface area contributed by atoms with E-state index in [1.807, 2.05) is 18.4 Å². The van der Waals surface area contributed by atoms with Gasteiger partial charge in [0.25, 0.3) is 21.8 Å². The predicted molar refractivity (Wildman–Crippen MR) is 130 cm³/mol. The number of sulfonamides is 1. The quantitative estimate of drug-likeness (QED) is 0.532. The molecule has 0 saturated carbocycles. The molecule has 1 atom stereocenters. The summed E-state index contributed by atoms with van der Waals surface area (Å²) in [5, 5.41) is 2.97. The standard InChI is InChI=1S/C24H25N3O5S2/c1-4-5-23-25-19(14-33-23)17-8-11-21-20(12-17)27(24(29)16(3)32-21)13-22(28)26-34(30,31)18-9-6-15(2)7-10-18/h6-12,14,16H,4-5,13H2,1-3H3,(H,26,28). The van der Waals surface area contributed by atoms with Gasteiger partial charge in [0.05, 0.1) is 21.3 Å². The molecule has 1 aliphatic rings. The lowest BCUT2D eigenvalue weighted by Gasteiger charge is -2.32. The van der Waals surface area contributed by atoms with Crippen LogP contribution in [0.5, 0.6) is 5.75 Å². The third kappa shape index (κ3) is 4.97. The second-order valence-electron chi connectivity index (χ2n) is 8.09. The first kappa shape index (κ1) is 23.9. The number of rotatable bonds is 7. The molecular formula is C24H25N3O5S2. The molecule has 8 nitrogen and oxygen atoms in total. The number of hydrogen-bond donors (Lipinski definition) is 1. The number of nitrogens with zero attached hydrogens (tertiary/aromatic N) is 2. The first-order valence-corrected chi connectivity index (χ1v) is 13.2. The van der Waals surface area contributed by atoms with Crippen molar-refractivity contribution in [1.29, 1.82) is 0 Å². The summed E-state index contributed by atoms with van der Waals surface area (Å²) in [4.78, 5) is 31.5. The van der Waals surface area contributed by atoms with E-state index < -0.39 is 34.5 Å². The van der Waals surface area contributed by atoms with Crippen molar-refractivity contribution in [3.63, 3.8) is 0 Å². The minimum absolute atomic E-state index is 0.0257. The van der Waals surface area contributed by atoms with Gasteiger partial charge in [-0.2, -0.15) is 0 Å². The van der Waals surface area contributed by atoms with Crippen LogP contribution in [-0.4, -0.2) is 37.9 Å². The van der Waals surface area contributed by atoms with Crippen LogP contribution in [0.4, 0.5) is 5.69 Å². The summed E-state index contributed by atoms with van der Waals surface area (Å²) in [6.45, 7) is 5.05. The first-order valence-electron chi connectivity index (χ1n) is 10.9. The number of ether oxygens (including phenoxy) is 1. The third-order valence-electron chi connectivity index (χ3n) is 5.36. The molecule has 0 fully saturated rings. The molecule has 2 heterocycles. The Hall–Kier alpha value is -3.24. The van der Waals surface area contributed by atoms with Crippen LogP contribution >= 0.6 is 11.3 Å². The lowest BCUT2D eigenvalue weighted by Crippen LogP contribution is -2.49. The topological polar surface area (TPSA) is 106 Å². The Kier molecular flexibility index (Phi) is 6.72. The van der Waals surface area contributed by atoms with Crippen LogP contribution in [0.25, 0.3) is 11.3 Å². The van der Waals surface area contributed by atoms with E-state index in [2.05, 4.69) is 16.6 Å². The number of anilines is 1. The van der Waals surface area contributed by atoms with E-state index in [9.17, 15) is 18.0 Å². The summed E-state index contributed by atoms with van der Waals surface area (Å²) in [7, 11) is -4.07. The van der Waals surface area contributed by atoms with E-state index in [4.69, 9.17) is 4.74 Å². The van der Waals surface area contributed by atoms with Gasteiger partial charge in [0.2, 0.25) is 0 Å². The Bertz CT molecular complexity index is 1330. The Morgan fingerprint density at radius 2 is 1.94 bits per heavy atom. The average Bonchev–Trinajstić information content (AvgIpc) is 3.25. The molecule has 1 N–H and O–H groups in total. The number of fused-ring (bicyclic) bond motifs is 1. The van der Waals surface area contributed by atoms with Crippen molar-refractivity contribution in [3.8, 4) is 17.0 Å². The minimum atomic E-state index is -4.07. The van der Waals surface area contributed by atoms with E-state index in [-0.39, 0.29) is 4.90 Å². The molecule has 0 radical (unpaired) electrons. The van der Waals surface area contributed by atoms with Gasteiger partial charge in [0.15, 0.2) is 6.10 Å². The van der Waals surface area contributed by atoms with E-state index in [0.29, 0.717) is 11.4 Å². The van der Waals surface area contributed by atoms with Crippen molar-refractivity contribution in [2.75, 3.05) is 11.4 Å². The number of hydrogen-bond acceptors (Lipinski definition) is 7. The molecule has 178 valence electrons. The van der Waals surface area contributed by atoms with Crippen molar-refractivity contribution in [1.82, 2.24) is 9.71 Å². The minimum Gasteiger partial charge on any atom is -0.479 e. The largest absolute Gasteiger partial charge is 0.479 e. The molecule has 1 aromatic heterocycles. The number of nitrogens with one attached hydrogen (secondary N) is 1. The zero-order chi connectivity index (χ0) is 24.5. The second-order valence-corrected chi connectivity index (χ2v) is 10.7. The van der Waals surface area contributed by atoms with Crippen LogP contribution < -0.4 is 14.4 Å². The summed E-state index contributed by atoms with van der Waals surface area (Å²) in [5.41, 5.74) is 2.84. The number of aryl methyl sites for hydroxylation is 2. The van der Waals surface area contributed by atoms with Crippen LogP contribution in [-0.2, 0) is 26.0 Å². The maximum atomic E-state index is 12.9. The summed E-state index contributed by atoms with van der Waals surface area (Å²) < 4.78 is 33.0. The van der Waals surface area contributed by atoms with Crippen molar-refractivity contribution in [3.05, 3.63) is 58.4 Å². The van der Waals surface area contributed by atoms with Crippen LogP contribution in [0.15, 0.2) is 52.7 Å². The van der Waals surface area contributed by atoms with Gasteiger partial charge in [-0.25, -0.2) is 18.1 Å². The fourth-order valence-electron chi connectivity index (χ4n) is 3.60. The molecule has 0 saturated heterocycles. The number of carbonyl (C=O) groups excluding carboxylic acids is 2. The summed E-state index contributed by atoms with van der Waals surface area (Å²) in [6.07, 6.45) is 1.07. The number of aromatic nitrogens is 1. The molecule has 4 rings (SSSR count). The van der Waals surface area contributed by atoms with Gasteiger partial charge < -0.3 is 4.74 Å². The highest BCUT2D eigenvalue weighted by atomic mass is 32.2. The average molecular weight is 500 g/mol.